The van der Waals surface area contributed by atoms with E-state index in [-0.39, 0.29) is 29.5 Å². The number of hydrogen-bond donors (Lipinski definition) is 1. The van der Waals surface area contributed by atoms with Crippen molar-refractivity contribution in [2.45, 2.75) is 96.4 Å². The van der Waals surface area contributed by atoms with E-state index < -0.39 is 23.1 Å². The molecule has 0 aromatic rings. The van der Waals surface area contributed by atoms with Crippen LogP contribution in [0.1, 0.15) is 79.1 Å². The van der Waals surface area contributed by atoms with E-state index in [0.717, 1.165) is 44.9 Å². The predicted molar refractivity (Wildman–Crippen MR) is 120 cm³/mol. The monoisotopic (exact) mass is 459 g/mol. The summed E-state index contributed by atoms with van der Waals surface area (Å²) in [6.07, 6.45) is 9.68. The standard InChI is InChI=1S/C26H37NO6/c1-5-31-22(30)26(21(27)29)25(33-26)13-10-20-18-7-6-16-14-17(32-15(2)28)8-11-23(16,3)19(18)9-12-24(20,25)4/h6,17-20H,5,7-14H2,1-4H3,(H2,27,29)/t17-,18+,19-,20+,23-,24-,25+,26+/m0/s1. The first-order valence-electron chi connectivity index (χ1n) is 12.6. The molecular weight excluding hydrogens is 422 g/mol. The van der Waals surface area contributed by atoms with E-state index in [0.29, 0.717) is 24.2 Å². The van der Waals surface area contributed by atoms with Gasteiger partial charge in [0.1, 0.15) is 11.7 Å². The molecular formula is C26H37NO6. The number of carbonyl (C=O) groups excluding carboxylic acids is 3. The van der Waals surface area contributed by atoms with Crippen LogP contribution in [-0.2, 0) is 28.6 Å². The quantitative estimate of drug-likeness (QED) is 0.299. The van der Waals surface area contributed by atoms with Crippen molar-refractivity contribution in [2.24, 2.45) is 34.3 Å². The molecule has 5 rings (SSSR count). The van der Waals surface area contributed by atoms with Crippen LogP contribution in [0.15, 0.2) is 11.6 Å². The maximum atomic E-state index is 12.9. The third-order valence-electron chi connectivity index (χ3n) is 10.3. The number of hydrogen-bond acceptors (Lipinski definition) is 6. The Labute approximate surface area is 195 Å². The maximum Gasteiger partial charge on any atom is 0.351 e. The zero-order valence-electron chi connectivity index (χ0n) is 20.3. The van der Waals surface area contributed by atoms with E-state index in [4.69, 9.17) is 19.9 Å². The van der Waals surface area contributed by atoms with Crippen LogP contribution in [-0.4, -0.2) is 41.8 Å². The van der Waals surface area contributed by atoms with Crippen LogP contribution < -0.4 is 5.73 Å². The minimum absolute atomic E-state index is 0.0115. The smallest absolute Gasteiger partial charge is 0.351 e. The zero-order chi connectivity index (χ0) is 23.8. The van der Waals surface area contributed by atoms with Crippen LogP contribution in [0.25, 0.3) is 0 Å². The number of amides is 1. The number of rotatable bonds is 4. The van der Waals surface area contributed by atoms with Gasteiger partial charge in [0.15, 0.2) is 0 Å². The molecule has 4 aliphatic carbocycles. The molecule has 2 N–H and O–H groups in total. The fourth-order valence-electron chi connectivity index (χ4n) is 8.73. The van der Waals surface area contributed by atoms with Gasteiger partial charge in [-0.15, -0.1) is 0 Å². The van der Waals surface area contributed by atoms with Gasteiger partial charge in [-0.2, -0.15) is 0 Å². The van der Waals surface area contributed by atoms with Gasteiger partial charge in [-0.3, -0.25) is 9.59 Å². The van der Waals surface area contributed by atoms with Crippen LogP contribution in [0, 0.1) is 28.6 Å². The number of esters is 2. The second-order valence-electron chi connectivity index (χ2n) is 11.4. The molecule has 0 aromatic heterocycles. The van der Waals surface area contributed by atoms with Gasteiger partial charge in [0.05, 0.1) is 6.61 Å². The Balaban J connectivity index is 1.43. The van der Waals surface area contributed by atoms with Crippen molar-refractivity contribution in [2.75, 3.05) is 6.61 Å². The van der Waals surface area contributed by atoms with Gasteiger partial charge in [0.25, 0.3) is 11.5 Å². The highest BCUT2D eigenvalue weighted by Gasteiger charge is 2.88. The highest BCUT2D eigenvalue weighted by atomic mass is 16.7. The number of nitrogens with two attached hydrogens (primary N) is 1. The number of epoxide rings is 1. The van der Waals surface area contributed by atoms with Crippen molar-refractivity contribution < 1.29 is 28.6 Å². The van der Waals surface area contributed by atoms with E-state index in [1.54, 1.807) is 6.92 Å². The van der Waals surface area contributed by atoms with Crippen LogP contribution in [0.5, 0.6) is 0 Å². The SMILES string of the molecule is CCOC(=O)[C@@]1(C(N)=O)O[C@@]12CC[C@@H]1[C@@H]3CC=C4C[C@@H](OC(C)=O)CC[C@]4(C)[C@H]3CC[C@@]12C. The second kappa shape index (κ2) is 7.30. The van der Waals surface area contributed by atoms with Crippen molar-refractivity contribution in [1.29, 1.82) is 0 Å². The molecule has 1 aliphatic heterocycles. The third-order valence-corrected chi connectivity index (χ3v) is 10.3. The average Bonchev–Trinajstić information content (AvgIpc) is 3.36. The largest absolute Gasteiger partial charge is 0.463 e. The Morgan fingerprint density at radius 3 is 2.52 bits per heavy atom. The van der Waals surface area contributed by atoms with Crippen LogP contribution in [0.3, 0.4) is 0 Å². The molecule has 7 nitrogen and oxygen atoms in total. The molecule has 3 saturated carbocycles. The van der Waals surface area contributed by atoms with Crippen LogP contribution >= 0.6 is 0 Å². The van der Waals surface area contributed by atoms with Gasteiger partial charge < -0.3 is 19.9 Å². The summed E-state index contributed by atoms with van der Waals surface area (Å²) in [5.74, 6) is -0.138. The van der Waals surface area contributed by atoms with E-state index in [9.17, 15) is 14.4 Å². The normalized spacial score (nSPS) is 47.6. The van der Waals surface area contributed by atoms with Crippen molar-refractivity contribution in [3.05, 3.63) is 11.6 Å². The fraction of sp³-hybridized carbons (Fsp3) is 0.808. The molecule has 5 aliphatic rings. The lowest BCUT2D eigenvalue weighted by atomic mass is 9.47. The molecule has 1 amide bonds. The van der Waals surface area contributed by atoms with Gasteiger partial charge in [-0.05, 0) is 75.0 Å². The van der Waals surface area contributed by atoms with Gasteiger partial charge >= 0.3 is 11.9 Å². The molecule has 33 heavy (non-hydrogen) atoms. The molecule has 1 heterocycles. The topological polar surface area (TPSA) is 108 Å². The van der Waals surface area contributed by atoms with Crippen molar-refractivity contribution in [3.8, 4) is 0 Å². The Morgan fingerprint density at radius 1 is 1.12 bits per heavy atom. The number of carbonyl (C=O) groups is 3. The molecule has 0 aromatic carbocycles. The maximum absolute atomic E-state index is 12.9. The molecule has 1 spiro atoms. The van der Waals surface area contributed by atoms with Gasteiger partial charge in [0.2, 0.25) is 0 Å². The fourth-order valence-corrected chi connectivity index (χ4v) is 8.73. The summed E-state index contributed by atoms with van der Waals surface area (Å²) in [6, 6.07) is 0. The highest BCUT2D eigenvalue weighted by molar-refractivity contribution is 6.10. The van der Waals surface area contributed by atoms with Crippen molar-refractivity contribution in [3.63, 3.8) is 0 Å². The summed E-state index contributed by atoms with van der Waals surface area (Å²) in [7, 11) is 0. The van der Waals surface area contributed by atoms with E-state index in [1.165, 1.54) is 12.5 Å². The minimum atomic E-state index is -1.64. The first-order valence-corrected chi connectivity index (χ1v) is 12.6. The molecule has 0 bridgehead atoms. The predicted octanol–water partition coefficient (Wildman–Crippen LogP) is 3.44. The lowest BCUT2D eigenvalue weighted by molar-refractivity contribution is -0.153. The number of fused-ring (bicyclic) bond motifs is 6. The Hall–Kier alpha value is -1.89. The molecule has 0 unspecified atom stereocenters. The second-order valence-corrected chi connectivity index (χ2v) is 11.4. The first kappa shape index (κ1) is 22.9. The summed E-state index contributed by atoms with van der Waals surface area (Å²) in [4.78, 5) is 36.9. The van der Waals surface area contributed by atoms with Crippen molar-refractivity contribution in [1.82, 2.24) is 0 Å². The first-order chi connectivity index (χ1) is 15.6. The Kier molecular flexibility index (Phi) is 5.06. The van der Waals surface area contributed by atoms with Gasteiger partial charge in [0, 0.05) is 18.8 Å². The van der Waals surface area contributed by atoms with Gasteiger partial charge in [-0.1, -0.05) is 25.5 Å². The molecule has 1 saturated heterocycles. The lowest BCUT2D eigenvalue weighted by Gasteiger charge is -2.57. The van der Waals surface area contributed by atoms with E-state index in [2.05, 4.69) is 19.9 Å². The van der Waals surface area contributed by atoms with Crippen molar-refractivity contribution >= 4 is 17.8 Å². The Bertz CT molecular complexity index is 930. The summed E-state index contributed by atoms with van der Waals surface area (Å²) in [5.41, 5.74) is 4.57. The Morgan fingerprint density at radius 2 is 1.85 bits per heavy atom. The van der Waals surface area contributed by atoms with Gasteiger partial charge in [-0.25, -0.2) is 4.79 Å². The summed E-state index contributed by atoms with van der Waals surface area (Å²) >= 11 is 0. The number of allylic oxidation sites excluding steroid dienone is 1. The summed E-state index contributed by atoms with van der Waals surface area (Å²) < 4.78 is 17.0. The lowest BCUT2D eigenvalue weighted by Crippen LogP contribution is -2.56. The van der Waals surface area contributed by atoms with E-state index >= 15 is 0 Å². The zero-order valence-corrected chi connectivity index (χ0v) is 20.3. The number of primary amides is 1. The highest BCUT2D eigenvalue weighted by Crippen LogP contribution is 2.75. The third kappa shape index (κ3) is 2.80. The van der Waals surface area contributed by atoms with Crippen LogP contribution in [0.4, 0.5) is 0 Å². The average molecular weight is 460 g/mol. The summed E-state index contributed by atoms with van der Waals surface area (Å²) in [6.45, 7) is 8.02. The molecule has 7 heteroatoms. The summed E-state index contributed by atoms with van der Waals surface area (Å²) in [5, 5.41) is 0. The molecule has 0 radical (unpaired) electrons. The molecule has 4 fully saturated rings. The minimum Gasteiger partial charge on any atom is -0.463 e. The number of ether oxygens (including phenoxy) is 3. The van der Waals surface area contributed by atoms with Crippen LogP contribution in [0.2, 0.25) is 0 Å². The molecule has 182 valence electrons. The molecule has 8 atom stereocenters. The van der Waals surface area contributed by atoms with E-state index in [1.807, 2.05) is 0 Å².